The number of esters is 1. The van der Waals surface area contributed by atoms with Gasteiger partial charge in [0.05, 0.1) is 17.1 Å². The molecule has 1 heterocycles. The van der Waals surface area contributed by atoms with E-state index in [9.17, 15) is 19.7 Å². The van der Waals surface area contributed by atoms with Crippen molar-refractivity contribution in [3.05, 3.63) is 62.5 Å². The van der Waals surface area contributed by atoms with E-state index in [0.29, 0.717) is 23.3 Å². The molecule has 0 aliphatic carbocycles. The average Bonchev–Trinajstić information content (AvgIpc) is 2.82. The van der Waals surface area contributed by atoms with Gasteiger partial charge >= 0.3 is 12.0 Å². The van der Waals surface area contributed by atoms with Crippen molar-refractivity contribution < 1.29 is 19.2 Å². The maximum absolute atomic E-state index is 13.4. The zero-order chi connectivity index (χ0) is 26.0. The van der Waals surface area contributed by atoms with Gasteiger partial charge in [-0.15, -0.1) is 12.3 Å². The lowest BCUT2D eigenvalue weighted by Gasteiger charge is -2.36. The van der Waals surface area contributed by atoms with E-state index in [-0.39, 0.29) is 30.0 Å². The lowest BCUT2D eigenvalue weighted by molar-refractivity contribution is -0.385. The predicted molar refractivity (Wildman–Crippen MR) is 135 cm³/mol. The van der Waals surface area contributed by atoms with E-state index in [4.69, 9.17) is 16.9 Å². The Hall–Kier alpha value is -3.60. The van der Waals surface area contributed by atoms with Crippen LogP contribution < -0.4 is 5.73 Å². The fraction of sp³-hybridized carbons (Fsp3) is 0.481. The molecule has 0 radical (unpaired) electrons. The fourth-order valence-corrected chi connectivity index (χ4v) is 4.59. The van der Waals surface area contributed by atoms with E-state index in [1.807, 2.05) is 0 Å². The van der Waals surface area contributed by atoms with Gasteiger partial charge in [-0.25, -0.2) is 9.59 Å². The van der Waals surface area contributed by atoms with Crippen LogP contribution >= 0.6 is 0 Å². The first-order chi connectivity index (χ1) is 16.8. The Labute approximate surface area is 207 Å². The van der Waals surface area contributed by atoms with Crippen molar-refractivity contribution >= 4 is 17.7 Å². The Morgan fingerprint density at radius 1 is 1.11 bits per heavy atom. The molecule has 188 valence electrons. The summed E-state index contributed by atoms with van der Waals surface area (Å²) in [5.74, 6) is 1.09. The highest BCUT2D eigenvalue weighted by atomic mass is 16.6. The van der Waals surface area contributed by atoms with Crippen molar-refractivity contribution in [1.29, 1.82) is 0 Å². The number of unbranched alkanes of at least 4 members (excludes halogenated alkanes) is 6. The lowest BCUT2D eigenvalue weighted by atomic mass is 9.78. The molecule has 8 heteroatoms. The second kappa shape index (κ2) is 13.3. The number of nitrogens with zero attached hydrogens (tertiary/aromatic N) is 2. The Balaban J connectivity index is 2.41. The molecule has 2 amide bonds. The van der Waals surface area contributed by atoms with Gasteiger partial charge in [0.15, 0.2) is 0 Å². The molecule has 1 aromatic rings. The molecule has 0 bridgehead atoms. The molecule has 2 N–H and O–H groups in total. The van der Waals surface area contributed by atoms with Crippen LogP contribution in [-0.2, 0) is 9.53 Å². The van der Waals surface area contributed by atoms with E-state index >= 15 is 0 Å². The molecule has 0 saturated heterocycles. The molecular weight excluding hydrogens is 446 g/mol. The van der Waals surface area contributed by atoms with Gasteiger partial charge < -0.3 is 10.5 Å². The monoisotopic (exact) mass is 481 g/mol. The number of primary amides is 1. The summed E-state index contributed by atoms with van der Waals surface area (Å²) in [5.41, 5.74) is 7.20. The summed E-state index contributed by atoms with van der Waals surface area (Å²) in [6.45, 7) is 5.65. The molecular formula is C27H35N3O5. The van der Waals surface area contributed by atoms with Crippen LogP contribution in [0.3, 0.4) is 0 Å². The van der Waals surface area contributed by atoms with Crippen LogP contribution in [0.4, 0.5) is 10.5 Å². The number of carbonyl (C=O) groups excluding carboxylic acids is 2. The molecule has 2 rings (SSSR count). The zero-order valence-corrected chi connectivity index (χ0v) is 20.8. The number of ether oxygens (including phenoxy) is 1. The predicted octanol–water partition coefficient (Wildman–Crippen LogP) is 5.94. The minimum Gasteiger partial charge on any atom is -0.462 e. The average molecular weight is 482 g/mol. The topological polar surface area (TPSA) is 116 Å². The van der Waals surface area contributed by atoms with Gasteiger partial charge in [-0.05, 0) is 25.8 Å². The number of urea groups is 1. The standard InChI is InChI=1S/C27H35N3O5/c1-5-7-8-9-10-11-14-18-35-26(31)24-20(4)29(27(28)32)19(3)21(15-6-2)25(24)22-16-12-13-17-23(22)30(33)34/h2,12-13,16-17,25H,5,7-11,14-15,18H2,1,3-4H3,(H2,28,32). The number of terminal acetylenes is 1. The van der Waals surface area contributed by atoms with E-state index in [0.717, 1.165) is 19.3 Å². The van der Waals surface area contributed by atoms with Gasteiger partial charge in [0, 0.05) is 35.4 Å². The highest BCUT2D eigenvalue weighted by Gasteiger charge is 2.40. The maximum Gasteiger partial charge on any atom is 0.336 e. The zero-order valence-electron chi connectivity index (χ0n) is 20.8. The second-order valence-corrected chi connectivity index (χ2v) is 8.67. The van der Waals surface area contributed by atoms with Crippen LogP contribution in [0.1, 0.15) is 83.6 Å². The summed E-state index contributed by atoms with van der Waals surface area (Å²) in [4.78, 5) is 38.2. The molecule has 1 aliphatic rings. The third-order valence-electron chi connectivity index (χ3n) is 6.32. The number of benzene rings is 1. The van der Waals surface area contributed by atoms with Crippen molar-refractivity contribution in [2.75, 3.05) is 6.61 Å². The number of allylic oxidation sites excluding steroid dienone is 3. The van der Waals surface area contributed by atoms with Gasteiger partial charge in [-0.3, -0.25) is 15.0 Å². The molecule has 1 unspecified atom stereocenters. The normalized spacial score (nSPS) is 15.7. The Bertz CT molecular complexity index is 1050. The van der Waals surface area contributed by atoms with Crippen LogP contribution in [0, 0.1) is 22.5 Å². The molecule has 0 saturated carbocycles. The molecule has 1 aliphatic heterocycles. The van der Waals surface area contributed by atoms with Gasteiger partial charge in [-0.2, -0.15) is 0 Å². The first-order valence-electron chi connectivity index (χ1n) is 12.1. The van der Waals surface area contributed by atoms with Gasteiger partial charge in [0.1, 0.15) is 0 Å². The van der Waals surface area contributed by atoms with E-state index in [1.165, 1.54) is 30.2 Å². The first-order valence-corrected chi connectivity index (χ1v) is 12.1. The maximum atomic E-state index is 13.4. The molecule has 1 atom stereocenters. The highest BCUT2D eigenvalue weighted by molar-refractivity contribution is 5.94. The summed E-state index contributed by atoms with van der Waals surface area (Å²) in [6.07, 6.45) is 13.2. The Kier molecular flexibility index (Phi) is 10.5. The van der Waals surface area contributed by atoms with E-state index < -0.39 is 22.8 Å². The fourth-order valence-electron chi connectivity index (χ4n) is 4.59. The van der Waals surface area contributed by atoms with Gasteiger partial charge in [0.2, 0.25) is 0 Å². The van der Waals surface area contributed by atoms with E-state index in [2.05, 4.69) is 12.8 Å². The number of hydrogen-bond donors (Lipinski definition) is 1. The quantitative estimate of drug-likeness (QED) is 0.130. The van der Waals surface area contributed by atoms with Gasteiger partial charge in [-0.1, -0.05) is 63.6 Å². The van der Waals surface area contributed by atoms with Crippen LogP contribution in [0.2, 0.25) is 0 Å². The van der Waals surface area contributed by atoms with Crippen molar-refractivity contribution in [2.45, 2.75) is 78.1 Å². The number of para-hydroxylation sites is 1. The highest BCUT2D eigenvalue weighted by Crippen LogP contribution is 2.45. The van der Waals surface area contributed by atoms with Crippen LogP contribution in [0.25, 0.3) is 0 Å². The smallest absolute Gasteiger partial charge is 0.336 e. The Morgan fingerprint density at radius 2 is 1.74 bits per heavy atom. The minimum atomic E-state index is -0.829. The number of amides is 2. The molecule has 0 fully saturated rings. The number of carbonyl (C=O) groups is 2. The molecule has 35 heavy (non-hydrogen) atoms. The molecule has 0 spiro atoms. The molecule has 8 nitrogen and oxygen atoms in total. The van der Waals surface area contributed by atoms with Crippen molar-refractivity contribution in [3.8, 4) is 12.3 Å². The summed E-state index contributed by atoms with van der Waals surface area (Å²) >= 11 is 0. The number of hydrogen-bond acceptors (Lipinski definition) is 5. The number of nitro groups is 1. The Morgan fingerprint density at radius 3 is 2.34 bits per heavy atom. The third kappa shape index (κ3) is 6.72. The minimum absolute atomic E-state index is 0.0775. The summed E-state index contributed by atoms with van der Waals surface area (Å²) < 4.78 is 5.60. The molecule has 0 aromatic heterocycles. The van der Waals surface area contributed by atoms with Crippen molar-refractivity contribution in [1.82, 2.24) is 4.90 Å². The first kappa shape index (κ1) is 27.6. The summed E-state index contributed by atoms with van der Waals surface area (Å²) in [6, 6.07) is 5.45. The van der Waals surface area contributed by atoms with Crippen LogP contribution in [0.5, 0.6) is 0 Å². The number of nitrogens with two attached hydrogens (primary N) is 1. The summed E-state index contributed by atoms with van der Waals surface area (Å²) in [5, 5.41) is 11.8. The second-order valence-electron chi connectivity index (χ2n) is 8.67. The largest absolute Gasteiger partial charge is 0.462 e. The number of rotatable bonds is 12. The van der Waals surface area contributed by atoms with Crippen LogP contribution in [0.15, 0.2) is 46.8 Å². The number of nitro benzene ring substituents is 1. The van der Waals surface area contributed by atoms with E-state index in [1.54, 1.807) is 32.0 Å². The summed E-state index contributed by atoms with van der Waals surface area (Å²) in [7, 11) is 0. The van der Waals surface area contributed by atoms with Crippen molar-refractivity contribution in [2.24, 2.45) is 5.73 Å². The third-order valence-corrected chi connectivity index (χ3v) is 6.32. The van der Waals surface area contributed by atoms with Crippen molar-refractivity contribution in [3.63, 3.8) is 0 Å². The molecule has 1 aromatic carbocycles. The lowest BCUT2D eigenvalue weighted by Crippen LogP contribution is -2.39. The van der Waals surface area contributed by atoms with Gasteiger partial charge in [0.25, 0.3) is 5.69 Å². The van der Waals surface area contributed by atoms with Crippen LogP contribution in [-0.4, -0.2) is 28.4 Å². The SMILES string of the molecule is C#CCC1=C(C)N(C(N)=O)C(C)=C(C(=O)OCCCCCCCCC)C1c1ccccc1[N+](=O)[O-].